The maximum Gasteiger partial charge on any atom is -0.00257 e. The topological polar surface area (TPSA) is 0 Å². The molecule has 1 aromatic carbocycles. The summed E-state index contributed by atoms with van der Waals surface area (Å²) in [7, 11) is 0. The van der Waals surface area contributed by atoms with Gasteiger partial charge in [-0.3, -0.25) is 0 Å². The lowest BCUT2D eigenvalue weighted by Gasteiger charge is -2.07. The van der Waals surface area contributed by atoms with E-state index in [1.54, 1.807) is 0 Å². The van der Waals surface area contributed by atoms with Gasteiger partial charge in [-0.25, -0.2) is 0 Å². The SMILES string of the molecule is C=C(C)/C=C(\C=C/CC)Cc1ccc(C)c(C)c1. The summed E-state index contributed by atoms with van der Waals surface area (Å²) in [5.41, 5.74) is 6.52. The van der Waals surface area contributed by atoms with Crippen LogP contribution >= 0.6 is 0 Å². The van der Waals surface area contributed by atoms with Gasteiger partial charge < -0.3 is 0 Å². The minimum atomic E-state index is 0.977. The summed E-state index contributed by atoms with van der Waals surface area (Å²) in [6.45, 7) is 12.5. The Morgan fingerprint density at radius 3 is 2.50 bits per heavy atom. The second-order valence-electron chi connectivity index (χ2n) is 4.97. The molecule has 0 N–H and O–H groups in total. The van der Waals surface area contributed by atoms with Crippen LogP contribution in [0.3, 0.4) is 0 Å². The molecule has 0 aliphatic carbocycles. The van der Waals surface area contributed by atoms with E-state index in [0.717, 1.165) is 18.4 Å². The van der Waals surface area contributed by atoms with E-state index in [0.29, 0.717) is 0 Å². The Morgan fingerprint density at radius 2 is 1.94 bits per heavy atom. The third-order valence-electron chi connectivity index (χ3n) is 2.98. The highest BCUT2D eigenvalue weighted by Crippen LogP contribution is 2.15. The normalized spacial score (nSPS) is 12.1. The summed E-state index contributed by atoms with van der Waals surface area (Å²) >= 11 is 0. The Morgan fingerprint density at radius 1 is 1.22 bits per heavy atom. The first-order valence-corrected chi connectivity index (χ1v) is 6.61. The molecule has 0 heteroatoms. The predicted molar refractivity (Wildman–Crippen MR) is 81.9 cm³/mol. The second kappa shape index (κ2) is 7.00. The van der Waals surface area contributed by atoms with Gasteiger partial charge in [0.05, 0.1) is 0 Å². The summed E-state index contributed by atoms with van der Waals surface area (Å²) in [6.07, 6.45) is 8.63. The van der Waals surface area contributed by atoms with Crippen molar-refractivity contribution in [3.8, 4) is 0 Å². The van der Waals surface area contributed by atoms with Crippen molar-refractivity contribution in [3.05, 3.63) is 70.8 Å². The average molecular weight is 240 g/mol. The Labute approximate surface area is 112 Å². The fraction of sp³-hybridized carbons (Fsp3) is 0.333. The van der Waals surface area contributed by atoms with Crippen molar-refractivity contribution in [1.29, 1.82) is 0 Å². The lowest BCUT2D eigenvalue weighted by Crippen LogP contribution is -1.91. The number of rotatable bonds is 5. The first-order chi connectivity index (χ1) is 8.52. The molecule has 0 amide bonds. The molecule has 1 aromatic rings. The predicted octanol–water partition coefficient (Wildman–Crippen LogP) is 5.31. The second-order valence-corrected chi connectivity index (χ2v) is 4.97. The van der Waals surface area contributed by atoms with Crippen LogP contribution in [0.15, 0.2) is 54.2 Å². The quantitative estimate of drug-likeness (QED) is 0.611. The number of hydrogen-bond donors (Lipinski definition) is 0. The van der Waals surface area contributed by atoms with Crippen LogP contribution in [0.25, 0.3) is 0 Å². The van der Waals surface area contributed by atoms with Gasteiger partial charge in [-0.15, -0.1) is 0 Å². The van der Waals surface area contributed by atoms with E-state index in [9.17, 15) is 0 Å². The smallest absolute Gasteiger partial charge is 0.00257 e. The van der Waals surface area contributed by atoms with E-state index in [4.69, 9.17) is 0 Å². The number of allylic oxidation sites excluding steroid dienone is 5. The molecule has 0 atom stereocenters. The molecule has 0 unspecified atom stereocenters. The van der Waals surface area contributed by atoms with Gasteiger partial charge in [0.15, 0.2) is 0 Å². The van der Waals surface area contributed by atoms with Gasteiger partial charge in [-0.1, -0.05) is 55.5 Å². The van der Waals surface area contributed by atoms with Crippen LogP contribution in [0.2, 0.25) is 0 Å². The van der Waals surface area contributed by atoms with Crippen LogP contribution < -0.4 is 0 Å². The van der Waals surface area contributed by atoms with Crippen LogP contribution in [0, 0.1) is 13.8 Å². The van der Waals surface area contributed by atoms with Crippen molar-refractivity contribution in [2.45, 2.75) is 40.5 Å². The largest absolute Gasteiger partial charge is 0.0961 e. The number of hydrogen-bond acceptors (Lipinski definition) is 0. The Kier molecular flexibility index (Phi) is 5.64. The highest BCUT2D eigenvalue weighted by Gasteiger charge is 1.99. The fourth-order valence-electron chi connectivity index (χ4n) is 1.89. The van der Waals surface area contributed by atoms with E-state index in [1.807, 2.05) is 6.92 Å². The van der Waals surface area contributed by atoms with Crippen LogP contribution in [-0.4, -0.2) is 0 Å². The average Bonchev–Trinajstić information content (AvgIpc) is 2.30. The zero-order chi connectivity index (χ0) is 13.5. The van der Waals surface area contributed by atoms with Gasteiger partial charge in [0, 0.05) is 0 Å². The van der Waals surface area contributed by atoms with E-state index >= 15 is 0 Å². The molecule has 0 saturated carbocycles. The van der Waals surface area contributed by atoms with Crippen LogP contribution in [0.5, 0.6) is 0 Å². The Hall–Kier alpha value is -1.56. The number of benzene rings is 1. The highest BCUT2D eigenvalue weighted by atomic mass is 14.0. The van der Waals surface area contributed by atoms with Crippen molar-refractivity contribution < 1.29 is 0 Å². The lowest BCUT2D eigenvalue weighted by molar-refractivity contribution is 1.15. The van der Waals surface area contributed by atoms with Crippen molar-refractivity contribution >= 4 is 0 Å². The van der Waals surface area contributed by atoms with Gasteiger partial charge >= 0.3 is 0 Å². The molecular formula is C18H24. The molecule has 0 aliphatic heterocycles. The molecule has 0 aromatic heterocycles. The lowest BCUT2D eigenvalue weighted by atomic mass is 9.99. The molecule has 0 radical (unpaired) electrons. The summed E-state index contributed by atoms with van der Waals surface area (Å²) in [4.78, 5) is 0. The standard InChI is InChI=1S/C18H24/c1-6-7-8-17(11-14(2)3)13-18-10-9-15(4)16(5)12-18/h7-12H,2,6,13H2,1,3-5H3/b8-7-,17-11+. The highest BCUT2D eigenvalue weighted by molar-refractivity contribution is 5.36. The van der Waals surface area contributed by atoms with Crippen molar-refractivity contribution in [2.24, 2.45) is 0 Å². The summed E-state index contributed by atoms with van der Waals surface area (Å²) < 4.78 is 0. The third kappa shape index (κ3) is 4.75. The molecular weight excluding hydrogens is 216 g/mol. The molecule has 0 heterocycles. The summed E-state index contributed by atoms with van der Waals surface area (Å²) in [5, 5.41) is 0. The molecule has 18 heavy (non-hydrogen) atoms. The zero-order valence-corrected chi connectivity index (χ0v) is 12.1. The molecule has 0 bridgehead atoms. The molecule has 0 fully saturated rings. The van der Waals surface area contributed by atoms with E-state index in [1.165, 1.54) is 22.3 Å². The molecule has 96 valence electrons. The zero-order valence-electron chi connectivity index (χ0n) is 12.1. The van der Waals surface area contributed by atoms with Gasteiger partial charge in [0.1, 0.15) is 0 Å². The van der Waals surface area contributed by atoms with Crippen LogP contribution in [-0.2, 0) is 6.42 Å². The summed E-state index contributed by atoms with van der Waals surface area (Å²) in [6, 6.07) is 6.70. The van der Waals surface area contributed by atoms with Crippen molar-refractivity contribution in [2.75, 3.05) is 0 Å². The first kappa shape index (κ1) is 14.5. The van der Waals surface area contributed by atoms with E-state index in [-0.39, 0.29) is 0 Å². The molecule has 0 spiro atoms. The Balaban J connectivity index is 2.92. The monoisotopic (exact) mass is 240 g/mol. The maximum atomic E-state index is 3.97. The van der Waals surface area contributed by atoms with Gasteiger partial charge in [-0.05, 0) is 55.9 Å². The molecule has 0 saturated heterocycles. The van der Waals surface area contributed by atoms with Crippen LogP contribution in [0.4, 0.5) is 0 Å². The Bertz CT molecular complexity index is 473. The van der Waals surface area contributed by atoms with Crippen LogP contribution in [0.1, 0.15) is 37.0 Å². The van der Waals surface area contributed by atoms with Crippen molar-refractivity contribution in [3.63, 3.8) is 0 Å². The van der Waals surface area contributed by atoms with E-state index < -0.39 is 0 Å². The van der Waals surface area contributed by atoms with Gasteiger partial charge in [-0.2, -0.15) is 0 Å². The minimum absolute atomic E-state index is 0.977. The summed E-state index contributed by atoms with van der Waals surface area (Å²) in [5.74, 6) is 0. The molecule has 1 rings (SSSR count). The molecule has 0 nitrogen and oxygen atoms in total. The van der Waals surface area contributed by atoms with Gasteiger partial charge in [0.25, 0.3) is 0 Å². The maximum absolute atomic E-state index is 3.97. The van der Waals surface area contributed by atoms with Gasteiger partial charge in [0.2, 0.25) is 0 Å². The third-order valence-corrected chi connectivity index (χ3v) is 2.98. The minimum Gasteiger partial charge on any atom is -0.0961 e. The first-order valence-electron chi connectivity index (χ1n) is 6.61. The van der Waals surface area contributed by atoms with Crippen molar-refractivity contribution in [1.82, 2.24) is 0 Å². The van der Waals surface area contributed by atoms with E-state index in [2.05, 4.69) is 63.8 Å². The number of aryl methyl sites for hydroxylation is 2. The molecule has 0 aliphatic rings. The fourth-order valence-corrected chi connectivity index (χ4v) is 1.89.